The molecule has 2 fully saturated rings. The van der Waals surface area contributed by atoms with E-state index in [1.807, 2.05) is 17.0 Å². The molecule has 0 saturated heterocycles. The zero-order chi connectivity index (χ0) is 19.3. The number of furan rings is 1. The maximum Gasteiger partial charge on any atom is 0.254 e. The molecule has 1 aromatic heterocycles. The molecule has 2 unspecified atom stereocenters. The molecule has 0 radical (unpaired) electrons. The van der Waals surface area contributed by atoms with Gasteiger partial charge in [-0.15, -0.1) is 0 Å². The molecule has 144 valence electrons. The number of amides is 1. The minimum absolute atomic E-state index is 0.139. The molecular formula is C21H25NO4S. The molecule has 2 atom stereocenters. The first-order chi connectivity index (χ1) is 12.7. The van der Waals surface area contributed by atoms with Crippen molar-refractivity contribution in [2.24, 2.45) is 5.92 Å². The summed E-state index contributed by atoms with van der Waals surface area (Å²) in [6, 6.07) is 9.10. The average Bonchev–Trinajstić information content (AvgIpc) is 3.52. The van der Waals surface area contributed by atoms with Gasteiger partial charge in [0.25, 0.3) is 5.91 Å². The molecule has 5 nitrogen and oxygen atoms in total. The molecule has 2 aliphatic rings. The van der Waals surface area contributed by atoms with Gasteiger partial charge < -0.3 is 9.32 Å². The van der Waals surface area contributed by atoms with Crippen LogP contribution >= 0.6 is 0 Å². The molecule has 1 aromatic carbocycles. The molecule has 2 saturated carbocycles. The number of carbonyl (C=O) groups is 1. The summed E-state index contributed by atoms with van der Waals surface area (Å²) in [6.07, 6.45) is 4.29. The van der Waals surface area contributed by atoms with Crippen LogP contribution in [0.25, 0.3) is 0 Å². The van der Waals surface area contributed by atoms with Crippen LogP contribution in [0.2, 0.25) is 0 Å². The highest BCUT2D eigenvalue weighted by molar-refractivity contribution is 7.90. The summed E-state index contributed by atoms with van der Waals surface area (Å²) in [6.45, 7) is 4.38. The monoisotopic (exact) mass is 387 g/mol. The SMILES string of the molecule is Cc1ccc(C(=O)N(Cc2ccc(C3CC3C)o2)C2CC2)cc1S(C)(=O)=O. The van der Waals surface area contributed by atoms with Gasteiger partial charge in [-0.05, 0) is 61.9 Å². The summed E-state index contributed by atoms with van der Waals surface area (Å²) in [5.41, 5.74) is 1.07. The van der Waals surface area contributed by atoms with E-state index < -0.39 is 9.84 Å². The number of carbonyl (C=O) groups excluding carboxylic acids is 1. The van der Waals surface area contributed by atoms with Crippen molar-refractivity contribution in [3.63, 3.8) is 0 Å². The molecular weight excluding hydrogens is 362 g/mol. The van der Waals surface area contributed by atoms with Crippen LogP contribution in [0.3, 0.4) is 0 Å². The van der Waals surface area contributed by atoms with Crippen molar-refractivity contribution < 1.29 is 17.6 Å². The van der Waals surface area contributed by atoms with Gasteiger partial charge in [0.05, 0.1) is 11.4 Å². The maximum atomic E-state index is 13.1. The van der Waals surface area contributed by atoms with E-state index in [9.17, 15) is 13.2 Å². The number of sulfone groups is 1. The predicted octanol–water partition coefficient (Wildman–Crippen LogP) is 3.92. The van der Waals surface area contributed by atoms with Gasteiger partial charge in [0.2, 0.25) is 0 Å². The van der Waals surface area contributed by atoms with E-state index in [0.29, 0.717) is 29.5 Å². The minimum atomic E-state index is -3.37. The zero-order valence-corrected chi connectivity index (χ0v) is 16.8. The smallest absolute Gasteiger partial charge is 0.254 e. The largest absolute Gasteiger partial charge is 0.464 e. The third-order valence-electron chi connectivity index (χ3n) is 5.57. The second-order valence-corrected chi connectivity index (χ2v) is 10.0. The highest BCUT2D eigenvalue weighted by Gasteiger charge is 2.38. The minimum Gasteiger partial charge on any atom is -0.464 e. The van der Waals surface area contributed by atoms with Gasteiger partial charge in [-0.3, -0.25) is 4.79 Å². The van der Waals surface area contributed by atoms with Gasteiger partial charge in [0.15, 0.2) is 9.84 Å². The Bertz CT molecular complexity index is 987. The second-order valence-electron chi connectivity index (χ2n) is 8.04. The fourth-order valence-electron chi connectivity index (χ4n) is 3.62. The van der Waals surface area contributed by atoms with Crippen LogP contribution in [0.15, 0.2) is 39.6 Å². The van der Waals surface area contributed by atoms with Gasteiger partial charge in [-0.2, -0.15) is 0 Å². The lowest BCUT2D eigenvalue weighted by atomic mass is 10.1. The third kappa shape index (κ3) is 3.81. The summed E-state index contributed by atoms with van der Waals surface area (Å²) in [4.78, 5) is 15.1. The fraction of sp³-hybridized carbons (Fsp3) is 0.476. The Hall–Kier alpha value is -2.08. The van der Waals surface area contributed by atoms with Crippen molar-refractivity contribution in [3.05, 3.63) is 53.0 Å². The molecule has 27 heavy (non-hydrogen) atoms. The Morgan fingerprint density at radius 2 is 1.93 bits per heavy atom. The van der Waals surface area contributed by atoms with Crippen LogP contribution in [-0.4, -0.2) is 31.5 Å². The van der Waals surface area contributed by atoms with Crippen LogP contribution in [0.4, 0.5) is 0 Å². The summed E-state index contributed by atoms with van der Waals surface area (Å²) >= 11 is 0. The zero-order valence-electron chi connectivity index (χ0n) is 15.9. The van der Waals surface area contributed by atoms with E-state index in [1.54, 1.807) is 19.1 Å². The number of nitrogens with zero attached hydrogens (tertiary/aromatic N) is 1. The van der Waals surface area contributed by atoms with E-state index in [-0.39, 0.29) is 16.8 Å². The first-order valence-corrected chi connectivity index (χ1v) is 11.3. The number of aryl methyl sites for hydroxylation is 1. The van der Waals surface area contributed by atoms with E-state index in [4.69, 9.17) is 4.42 Å². The van der Waals surface area contributed by atoms with Crippen molar-refractivity contribution in [2.75, 3.05) is 6.26 Å². The van der Waals surface area contributed by atoms with Crippen molar-refractivity contribution in [1.82, 2.24) is 4.90 Å². The lowest BCUT2D eigenvalue weighted by molar-refractivity contribution is 0.0716. The standard InChI is InChI=1S/C21H25NO4S/c1-13-4-5-15(11-20(13)27(3,24)25)21(23)22(16-6-7-16)12-17-8-9-19(26-17)18-10-14(18)2/h4-5,8-9,11,14,16,18H,6-7,10,12H2,1-3H3. The molecule has 0 N–H and O–H groups in total. The van der Waals surface area contributed by atoms with Crippen LogP contribution < -0.4 is 0 Å². The van der Waals surface area contributed by atoms with Gasteiger partial charge in [-0.25, -0.2) is 8.42 Å². The van der Waals surface area contributed by atoms with E-state index in [0.717, 1.165) is 30.8 Å². The molecule has 2 aromatic rings. The van der Waals surface area contributed by atoms with E-state index in [2.05, 4.69) is 6.92 Å². The lowest BCUT2D eigenvalue weighted by Crippen LogP contribution is -2.32. The molecule has 6 heteroatoms. The second kappa shape index (κ2) is 6.51. The van der Waals surface area contributed by atoms with Gasteiger partial charge in [0, 0.05) is 23.8 Å². The number of benzene rings is 1. The number of hydrogen-bond donors (Lipinski definition) is 0. The van der Waals surface area contributed by atoms with Crippen LogP contribution in [0.5, 0.6) is 0 Å². The lowest BCUT2D eigenvalue weighted by Gasteiger charge is -2.22. The van der Waals surface area contributed by atoms with E-state index in [1.165, 1.54) is 12.3 Å². The summed E-state index contributed by atoms with van der Waals surface area (Å²) < 4.78 is 30.0. The number of rotatable bonds is 6. The van der Waals surface area contributed by atoms with Crippen molar-refractivity contribution in [2.45, 2.75) is 56.5 Å². The molecule has 1 amide bonds. The summed E-state index contributed by atoms with van der Waals surface area (Å²) in [5.74, 6) is 2.85. The normalized spacial score (nSPS) is 21.9. The molecule has 2 aliphatic carbocycles. The fourth-order valence-corrected chi connectivity index (χ4v) is 4.61. The van der Waals surface area contributed by atoms with Crippen LogP contribution in [0.1, 0.15) is 59.5 Å². The van der Waals surface area contributed by atoms with Gasteiger partial charge in [-0.1, -0.05) is 13.0 Å². The Kier molecular flexibility index (Phi) is 4.41. The Labute approximate surface area is 160 Å². The first kappa shape index (κ1) is 18.3. The molecule has 4 rings (SSSR count). The quantitative estimate of drug-likeness (QED) is 0.753. The summed E-state index contributed by atoms with van der Waals surface area (Å²) in [7, 11) is -3.37. The maximum absolute atomic E-state index is 13.1. The third-order valence-corrected chi connectivity index (χ3v) is 6.81. The van der Waals surface area contributed by atoms with Gasteiger partial charge in [0.1, 0.15) is 11.5 Å². The van der Waals surface area contributed by atoms with Crippen LogP contribution in [-0.2, 0) is 16.4 Å². The Morgan fingerprint density at radius 3 is 2.52 bits per heavy atom. The highest BCUT2D eigenvalue weighted by Crippen LogP contribution is 2.47. The Morgan fingerprint density at radius 1 is 1.22 bits per heavy atom. The molecule has 0 bridgehead atoms. The highest BCUT2D eigenvalue weighted by atomic mass is 32.2. The molecule has 0 spiro atoms. The van der Waals surface area contributed by atoms with Gasteiger partial charge >= 0.3 is 0 Å². The van der Waals surface area contributed by atoms with Crippen molar-refractivity contribution in [1.29, 1.82) is 0 Å². The average molecular weight is 388 g/mol. The first-order valence-electron chi connectivity index (χ1n) is 9.44. The topological polar surface area (TPSA) is 67.6 Å². The Balaban J connectivity index is 1.57. The predicted molar refractivity (Wildman–Crippen MR) is 102 cm³/mol. The van der Waals surface area contributed by atoms with E-state index >= 15 is 0 Å². The number of hydrogen-bond acceptors (Lipinski definition) is 4. The van der Waals surface area contributed by atoms with Crippen LogP contribution in [0, 0.1) is 12.8 Å². The summed E-state index contributed by atoms with van der Waals surface area (Å²) in [5, 5.41) is 0. The molecule has 0 aliphatic heterocycles. The van der Waals surface area contributed by atoms with Crippen molar-refractivity contribution >= 4 is 15.7 Å². The molecule has 1 heterocycles. The van der Waals surface area contributed by atoms with Crippen molar-refractivity contribution in [3.8, 4) is 0 Å².